The monoisotopic (exact) mass is 556 g/mol. The summed E-state index contributed by atoms with van der Waals surface area (Å²) in [4.78, 5) is 0. The maximum Gasteiger partial charge on any atom is 4.00 e. The Kier molecular flexibility index (Phi) is 11.9. The minimum Gasteiger partial charge on any atom is -1.00 e. The zero-order chi connectivity index (χ0) is 20.4. The molecule has 5 rings (SSSR count). The first-order valence-corrected chi connectivity index (χ1v) is 12.0. The Bertz CT molecular complexity index is 1140. The number of benzene rings is 3. The Morgan fingerprint density at radius 2 is 1.03 bits per heavy atom. The van der Waals surface area contributed by atoms with Gasteiger partial charge in [0.2, 0.25) is 0 Å². The normalized spacial score (nSPS) is 10.6. The average molecular weight is 559 g/mol. The van der Waals surface area contributed by atoms with Gasteiger partial charge >= 0.3 is 26.2 Å². The van der Waals surface area contributed by atoms with Gasteiger partial charge in [0.25, 0.3) is 0 Å². The number of halogens is 2. The van der Waals surface area contributed by atoms with Crippen LogP contribution < -0.4 is 30.1 Å². The third-order valence-corrected chi connectivity index (χ3v) is 8.62. The minimum absolute atomic E-state index is 0. The first-order chi connectivity index (χ1) is 14.0. The molecular weight excluding hydrogens is 529 g/mol. The molecule has 0 N–H and O–H groups in total. The molecule has 0 nitrogen and oxygen atoms in total. The molecule has 5 aromatic carbocycles. The van der Waals surface area contributed by atoms with Crippen LogP contribution in [-0.4, -0.2) is 11.3 Å². The van der Waals surface area contributed by atoms with Crippen molar-refractivity contribution < 1.29 is 51.0 Å². The van der Waals surface area contributed by atoms with Crippen molar-refractivity contribution in [1.82, 2.24) is 0 Å². The number of rotatable bonds is 3. The van der Waals surface area contributed by atoms with Crippen LogP contribution in [0.3, 0.4) is 0 Å². The van der Waals surface area contributed by atoms with E-state index in [0.29, 0.717) is 0 Å². The second-order valence-corrected chi connectivity index (χ2v) is 11.7. The first-order valence-electron chi connectivity index (χ1n) is 10.5. The van der Waals surface area contributed by atoms with E-state index in [1.165, 1.54) is 32.3 Å². The van der Waals surface area contributed by atoms with Crippen LogP contribution in [0.4, 0.5) is 0 Å². The van der Waals surface area contributed by atoms with Gasteiger partial charge in [-0.2, -0.15) is 6.07 Å². The molecule has 0 aliphatic rings. The summed E-state index contributed by atoms with van der Waals surface area (Å²) in [5.74, 6) is 0. The van der Waals surface area contributed by atoms with E-state index >= 15 is 0 Å². The third-order valence-electron chi connectivity index (χ3n) is 5.54. The van der Waals surface area contributed by atoms with Gasteiger partial charge in [0, 0.05) is 0 Å². The predicted octanol–water partition coefficient (Wildman–Crippen LogP) is 2.20. The predicted molar refractivity (Wildman–Crippen MR) is 133 cm³/mol. The maximum absolute atomic E-state index is 2.39. The summed E-state index contributed by atoms with van der Waals surface area (Å²) in [6.45, 7) is 9.40. The molecule has 0 radical (unpaired) electrons. The van der Waals surface area contributed by atoms with Crippen molar-refractivity contribution in [2.75, 3.05) is 0 Å². The van der Waals surface area contributed by atoms with Crippen molar-refractivity contribution in [1.29, 1.82) is 0 Å². The van der Waals surface area contributed by atoms with Crippen LogP contribution in [0, 0.1) is 0 Å². The second-order valence-electron chi connectivity index (χ2n) is 8.26. The molecule has 0 saturated carbocycles. The molecule has 0 spiro atoms. The molecule has 5 aromatic rings. The fourth-order valence-corrected chi connectivity index (χ4v) is 7.34. The molecule has 4 heteroatoms. The Morgan fingerprint density at radius 1 is 0.594 bits per heavy atom. The molecule has 32 heavy (non-hydrogen) atoms. The van der Waals surface area contributed by atoms with Gasteiger partial charge in [-0.05, 0) is 11.3 Å². The standard InChI is InChI=1S/C15H20P.C13H9.2ClH.Zr/c1-11(2)16(12(3)4)15-9-13-7-5-6-8-14(13)10-15;1-3-7-12-10(5-1)9-11-6-2-4-8-13(11)12;;;/h5-12H,1-4H3;1-9H;2*1H;/q2*-1;;;+4/p-2. The van der Waals surface area contributed by atoms with Gasteiger partial charge in [-0.15, -0.1) is 80.1 Å². The van der Waals surface area contributed by atoms with Crippen LogP contribution in [0.1, 0.15) is 27.7 Å². The van der Waals surface area contributed by atoms with Gasteiger partial charge in [0.15, 0.2) is 0 Å². The van der Waals surface area contributed by atoms with E-state index in [4.69, 9.17) is 0 Å². The zero-order valence-electron chi connectivity index (χ0n) is 19.0. The van der Waals surface area contributed by atoms with E-state index in [-0.39, 0.29) is 58.9 Å². The SMILES string of the molecule is CC(C)P(c1cc2ccccc2[cH-]1)C(C)C.[Cl-].[Cl-].[Zr+4].c1ccc2c(c1)[cH-]c1ccccc12. The summed E-state index contributed by atoms with van der Waals surface area (Å²) in [7, 11) is -0.0206. The smallest absolute Gasteiger partial charge is 1.00 e. The minimum atomic E-state index is -0.0206. The summed E-state index contributed by atoms with van der Waals surface area (Å²) in [5, 5.41) is 9.75. The Balaban J connectivity index is 0.000000296. The van der Waals surface area contributed by atoms with Crippen molar-refractivity contribution in [3.05, 3.63) is 91.0 Å². The molecule has 0 aliphatic heterocycles. The van der Waals surface area contributed by atoms with Crippen molar-refractivity contribution in [2.24, 2.45) is 0 Å². The van der Waals surface area contributed by atoms with Gasteiger partial charge < -0.3 is 24.8 Å². The Labute approximate surface area is 225 Å². The van der Waals surface area contributed by atoms with Crippen LogP contribution in [0.5, 0.6) is 0 Å². The Morgan fingerprint density at radius 3 is 1.50 bits per heavy atom. The molecule has 0 heterocycles. The molecule has 0 aliphatic carbocycles. The van der Waals surface area contributed by atoms with Crippen molar-refractivity contribution >= 4 is 45.5 Å². The van der Waals surface area contributed by atoms with Crippen molar-refractivity contribution in [3.63, 3.8) is 0 Å². The summed E-state index contributed by atoms with van der Waals surface area (Å²) < 4.78 is 0. The van der Waals surface area contributed by atoms with E-state index in [1.807, 2.05) is 0 Å². The molecule has 0 fully saturated rings. The van der Waals surface area contributed by atoms with Gasteiger partial charge in [0.05, 0.1) is 0 Å². The van der Waals surface area contributed by atoms with Crippen molar-refractivity contribution in [3.8, 4) is 0 Å². The molecule has 0 bridgehead atoms. The van der Waals surface area contributed by atoms with E-state index in [1.54, 1.807) is 5.30 Å². The summed E-state index contributed by atoms with van der Waals surface area (Å²) in [5.41, 5.74) is 1.54. The summed E-state index contributed by atoms with van der Waals surface area (Å²) >= 11 is 0. The molecule has 0 unspecified atom stereocenters. The second kappa shape index (κ2) is 13.1. The quantitative estimate of drug-likeness (QED) is 0.235. The summed E-state index contributed by atoms with van der Waals surface area (Å²) in [6, 6.07) is 32.7. The third kappa shape index (κ3) is 6.33. The van der Waals surface area contributed by atoms with Gasteiger partial charge in [-0.3, -0.25) is 0 Å². The fourth-order valence-electron chi connectivity index (χ4n) is 4.38. The van der Waals surface area contributed by atoms with Gasteiger partial charge in [0.1, 0.15) is 0 Å². The van der Waals surface area contributed by atoms with Crippen LogP contribution in [0.2, 0.25) is 0 Å². The van der Waals surface area contributed by atoms with E-state index < -0.39 is 0 Å². The molecular formula is C28H29Cl2PZr. The Hall–Kier alpha value is -0.967. The topological polar surface area (TPSA) is 0 Å². The van der Waals surface area contributed by atoms with Crippen molar-refractivity contribution in [2.45, 2.75) is 39.0 Å². The molecule has 0 aromatic heterocycles. The zero-order valence-corrected chi connectivity index (χ0v) is 23.9. The molecule has 164 valence electrons. The molecule has 0 amide bonds. The van der Waals surface area contributed by atoms with E-state index in [9.17, 15) is 0 Å². The van der Waals surface area contributed by atoms with Crippen LogP contribution in [-0.2, 0) is 26.2 Å². The van der Waals surface area contributed by atoms with Gasteiger partial charge in [-0.1, -0.05) is 78.1 Å². The molecule has 0 saturated heterocycles. The van der Waals surface area contributed by atoms with Crippen LogP contribution in [0.15, 0.2) is 91.0 Å². The summed E-state index contributed by atoms with van der Waals surface area (Å²) in [6.07, 6.45) is 0. The van der Waals surface area contributed by atoms with E-state index in [2.05, 4.69) is 119 Å². The first kappa shape index (κ1) is 29.1. The average Bonchev–Trinajstić information content (AvgIpc) is 3.29. The van der Waals surface area contributed by atoms with Crippen LogP contribution >= 0.6 is 7.92 Å². The van der Waals surface area contributed by atoms with E-state index in [0.717, 1.165) is 11.3 Å². The molecule has 0 atom stereocenters. The number of hydrogen-bond donors (Lipinski definition) is 0. The maximum atomic E-state index is 2.39. The number of hydrogen-bond acceptors (Lipinski definition) is 0. The number of fused-ring (bicyclic) bond motifs is 4. The largest absolute Gasteiger partial charge is 4.00 e. The van der Waals surface area contributed by atoms with Gasteiger partial charge in [-0.25, -0.2) is 0 Å². The fraction of sp³-hybridized carbons (Fsp3) is 0.214. The van der Waals surface area contributed by atoms with Crippen LogP contribution in [0.25, 0.3) is 32.3 Å².